The number of aliphatic imine (C=N–C) groups is 1. The monoisotopic (exact) mass is 110 g/mol. The predicted molar refractivity (Wildman–Crippen MR) is 36.6 cm³/mol. The van der Waals surface area contributed by atoms with Crippen molar-refractivity contribution < 1.29 is 0 Å². The fraction of sp³-hybridized carbons (Fsp3) is 0.167. The summed E-state index contributed by atoms with van der Waals surface area (Å²) in [5, 5.41) is 0. The number of nitrogens with zero attached hydrogens (tertiary/aromatic N) is 1. The topological polar surface area (TPSA) is 38.4 Å². The van der Waals surface area contributed by atoms with Gasteiger partial charge in [0.25, 0.3) is 0 Å². The quantitative estimate of drug-likeness (QED) is 0.419. The van der Waals surface area contributed by atoms with Crippen LogP contribution in [0.4, 0.5) is 0 Å². The molecule has 0 unspecified atom stereocenters. The standard InChI is InChI=1S/C6H10N2/c1-5(7)4-6(2)8-3/h4H,1,3,7H2,2H3/b6-4-. The Bertz CT molecular complexity index is 133. The molecule has 0 aromatic heterocycles. The van der Waals surface area contributed by atoms with E-state index in [1.54, 1.807) is 6.08 Å². The van der Waals surface area contributed by atoms with Crippen molar-refractivity contribution in [1.29, 1.82) is 0 Å². The van der Waals surface area contributed by atoms with E-state index in [-0.39, 0.29) is 0 Å². The van der Waals surface area contributed by atoms with Crippen LogP contribution >= 0.6 is 0 Å². The molecule has 0 fully saturated rings. The summed E-state index contributed by atoms with van der Waals surface area (Å²) < 4.78 is 0. The summed E-state index contributed by atoms with van der Waals surface area (Å²) in [6, 6.07) is 0. The molecular weight excluding hydrogens is 100 g/mol. The third-order valence-electron chi connectivity index (χ3n) is 0.644. The van der Waals surface area contributed by atoms with Crippen molar-refractivity contribution in [2.24, 2.45) is 10.7 Å². The Labute approximate surface area is 49.4 Å². The summed E-state index contributed by atoms with van der Waals surface area (Å²) in [6.07, 6.45) is 1.66. The van der Waals surface area contributed by atoms with Crippen LogP contribution in [-0.4, -0.2) is 6.72 Å². The van der Waals surface area contributed by atoms with Crippen LogP contribution in [0.25, 0.3) is 0 Å². The first-order valence-corrected chi connectivity index (χ1v) is 2.26. The SMILES string of the molecule is C=N/C(C)=C\C(=C)N. The molecule has 0 aliphatic heterocycles. The molecule has 0 atom stereocenters. The minimum absolute atomic E-state index is 0.509. The van der Waals surface area contributed by atoms with Crippen LogP contribution in [0.5, 0.6) is 0 Å². The Balaban J connectivity index is 3.94. The molecule has 0 heterocycles. The minimum atomic E-state index is 0.509. The van der Waals surface area contributed by atoms with Crippen molar-refractivity contribution in [1.82, 2.24) is 0 Å². The number of rotatable bonds is 2. The summed E-state index contributed by atoms with van der Waals surface area (Å²) in [7, 11) is 0. The van der Waals surface area contributed by atoms with Gasteiger partial charge in [-0.3, -0.25) is 4.99 Å². The van der Waals surface area contributed by atoms with Crippen molar-refractivity contribution in [2.45, 2.75) is 6.92 Å². The van der Waals surface area contributed by atoms with Gasteiger partial charge in [-0.05, 0) is 19.7 Å². The zero-order valence-electron chi connectivity index (χ0n) is 5.02. The highest BCUT2D eigenvalue weighted by Gasteiger charge is 1.78. The van der Waals surface area contributed by atoms with Crippen LogP contribution in [0.1, 0.15) is 6.92 Å². The van der Waals surface area contributed by atoms with Crippen molar-refractivity contribution >= 4 is 6.72 Å². The fourth-order valence-corrected chi connectivity index (χ4v) is 0.314. The van der Waals surface area contributed by atoms with Crippen LogP contribution in [0, 0.1) is 0 Å². The predicted octanol–water partition coefficient (Wildman–Crippen LogP) is 1.06. The molecule has 0 aromatic rings. The second-order valence-corrected chi connectivity index (χ2v) is 1.52. The van der Waals surface area contributed by atoms with E-state index in [1.807, 2.05) is 6.92 Å². The van der Waals surface area contributed by atoms with Crippen LogP contribution in [0.15, 0.2) is 29.0 Å². The fourth-order valence-electron chi connectivity index (χ4n) is 0.314. The third-order valence-corrected chi connectivity index (χ3v) is 0.644. The van der Waals surface area contributed by atoms with Gasteiger partial charge < -0.3 is 5.73 Å². The van der Waals surface area contributed by atoms with E-state index in [0.29, 0.717) is 5.70 Å². The first-order chi connectivity index (χ1) is 3.66. The summed E-state index contributed by atoms with van der Waals surface area (Å²) >= 11 is 0. The van der Waals surface area contributed by atoms with Crippen molar-refractivity contribution in [2.75, 3.05) is 0 Å². The molecule has 0 amide bonds. The molecule has 0 saturated carbocycles. The van der Waals surface area contributed by atoms with Crippen LogP contribution in [0.3, 0.4) is 0 Å². The summed E-state index contributed by atoms with van der Waals surface area (Å²) in [5.74, 6) is 0. The van der Waals surface area contributed by atoms with Crippen molar-refractivity contribution in [3.05, 3.63) is 24.0 Å². The maximum Gasteiger partial charge on any atom is 0.0385 e. The van der Waals surface area contributed by atoms with E-state index >= 15 is 0 Å². The van der Waals surface area contributed by atoms with E-state index in [9.17, 15) is 0 Å². The maximum atomic E-state index is 5.21. The average molecular weight is 110 g/mol. The highest BCUT2D eigenvalue weighted by Crippen LogP contribution is 1.93. The van der Waals surface area contributed by atoms with Gasteiger partial charge in [0.05, 0.1) is 0 Å². The van der Waals surface area contributed by atoms with Gasteiger partial charge in [-0.2, -0.15) is 0 Å². The van der Waals surface area contributed by atoms with Gasteiger partial charge in [0.15, 0.2) is 0 Å². The van der Waals surface area contributed by atoms with Gasteiger partial charge in [0.2, 0.25) is 0 Å². The molecule has 0 rings (SSSR count). The number of nitrogens with two attached hydrogens (primary N) is 1. The van der Waals surface area contributed by atoms with Crippen LogP contribution in [0.2, 0.25) is 0 Å². The molecule has 0 radical (unpaired) electrons. The molecule has 8 heavy (non-hydrogen) atoms. The Hall–Kier alpha value is -1.05. The Morgan fingerprint density at radius 1 is 1.75 bits per heavy atom. The molecule has 2 heteroatoms. The first kappa shape index (κ1) is 6.95. The van der Waals surface area contributed by atoms with Gasteiger partial charge in [0.1, 0.15) is 0 Å². The number of hydrogen-bond acceptors (Lipinski definition) is 2. The minimum Gasteiger partial charge on any atom is -0.399 e. The lowest BCUT2D eigenvalue weighted by Crippen LogP contribution is -1.89. The molecule has 0 saturated heterocycles. The molecular formula is C6H10N2. The van der Waals surface area contributed by atoms with E-state index < -0.39 is 0 Å². The largest absolute Gasteiger partial charge is 0.399 e. The van der Waals surface area contributed by atoms with Gasteiger partial charge in [-0.15, -0.1) is 0 Å². The molecule has 44 valence electrons. The Morgan fingerprint density at radius 3 is 2.38 bits per heavy atom. The molecule has 0 spiro atoms. The van der Waals surface area contributed by atoms with Gasteiger partial charge in [-0.25, -0.2) is 0 Å². The normalized spacial score (nSPS) is 10.9. The van der Waals surface area contributed by atoms with Crippen molar-refractivity contribution in [3.63, 3.8) is 0 Å². The summed E-state index contributed by atoms with van der Waals surface area (Å²) in [6.45, 7) is 8.57. The van der Waals surface area contributed by atoms with Crippen molar-refractivity contribution in [3.8, 4) is 0 Å². The van der Waals surface area contributed by atoms with Crippen LogP contribution in [-0.2, 0) is 0 Å². The molecule has 0 aromatic carbocycles. The summed E-state index contributed by atoms with van der Waals surface area (Å²) in [4.78, 5) is 3.60. The highest BCUT2D eigenvalue weighted by atomic mass is 14.7. The molecule has 0 aliphatic carbocycles. The summed E-state index contributed by atoms with van der Waals surface area (Å²) in [5.41, 5.74) is 6.51. The third kappa shape index (κ3) is 3.15. The van der Waals surface area contributed by atoms with Crippen LogP contribution < -0.4 is 5.73 Å². The first-order valence-electron chi connectivity index (χ1n) is 2.26. The van der Waals surface area contributed by atoms with E-state index in [4.69, 9.17) is 5.73 Å². The van der Waals surface area contributed by atoms with Gasteiger partial charge >= 0.3 is 0 Å². The average Bonchev–Trinajstić information content (AvgIpc) is 1.65. The smallest absolute Gasteiger partial charge is 0.0385 e. The molecule has 0 aliphatic rings. The number of hydrogen-bond donors (Lipinski definition) is 1. The lowest BCUT2D eigenvalue weighted by Gasteiger charge is -1.87. The van der Waals surface area contributed by atoms with Gasteiger partial charge in [-0.1, -0.05) is 6.58 Å². The Morgan fingerprint density at radius 2 is 2.25 bits per heavy atom. The van der Waals surface area contributed by atoms with E-state index in [0.717, 1.165) is 5.70 Å². The second-order valence-electron chi connectivity index (χ2n) is 1.52. The molecule has 2 nitrogen and oxygen atoms in total. The number of allylic oxidation sites excluding steroid dienone is 2. The lowest BCUT2D eigenvalue weighted by atomic mass is 10.4. The van der Waals surface area contributed by atoms with E-state index in [2.05, 4.69) is 18.3 Å². The second kappa shape index (κ2) is 3.02. The zero-order valence-corrected chi connectivity index (χ0v) is 5.02. The maximum absolute atomic E-state index is 5.21. The molecule has 0 bridgehead atoms. The van der Waals surface area contributed by atoms with E-state index in [1.165, 1.54) is 0 Å². The lowest BCUT2D eigenvalue weighted by molar-refractivity contribution is 1.29. The van der Waals surface area contributed by atoms with Gasteiger partial charge in [0, 0.05) is 11.4 Å². The zero-order chi connectivity index (χ0) is 6.57. The molecule has 2 N–H and O–H groups in total. The Kier molecular flexibility index (Phi) is 2.62. The highest BCUT2D eigenvalue weighted by molar-refractivity contribution is 5.30.